The van der Waals surface area contributed by atoms with Crippen LogP contribution in [-0.2, 0) is 27.9 Å². The van der Waals surface area contributed by atoms with Gasteiger partial charge in [-0.3, -0.25) is 13.8 Å². The van der Waals surface area contributed by atoms with Gasteiger partial charge in [-0.25, -0.2) is 4.57 Å². The van der Waals surface area contributed by atoms with E-state index < -0.39 is 63.1 Å². The Morgan fingerprint density at radius 3 is 1.25 bits per heavy atom. The van der Waals surface area contributed by atoms with E-state index >= 15 is 0 Å². The number of unbranched alkanes of at least 4 members (excludes halogenated alkanes) is 31. The van der Waals surface area contributed by atoms with Crippen molar-refractivity contribution in [3.8, 4) is 0 Å². The molecule has 0 aromatic heterocycles. The van der Waals surface area contributed by atoms with Gasteiger partial charge < -0.3 is 39.9 Å². The predicted octanol–water partition coefficient (Wildman–Crippen LogP) is 11.5. The smallest absolute Gasteiger partial charge is 0.457 e. The molecule has 6 N–H and O–H groups in total. The van der Waals surface area contributed by atoms with E-state index in [0.29, 0.717) is 13.0 Å². The normalized spacial score (nSPS) is 21.8. The number of ether oxygens (including phenoxy) is 2. The summed E-state index contributed by atoms with van der Waals surface area (Å²) < 4.78 is 34.3. The van der Waals surface area contributed by atoms with Crippen LogP contribution in [0.25, 0.3) is 0 Å². The maximum Gasteiger partial charge on any atom is 0.472 e. The minimum atomic E-state index is -5.02. The molecule has 0 aromatic rings. The number of aliphatic hydroxyl groups is 5. The highest BCUT2D eigenvalue weighted by Gasteiger charge is 2.51. The molecule has 0 amide bonds. The second kappa shape index (κ2) is 41.3. The summed E-state index contributed by atoms with van der Waals surface area (Å²) in [5, 5.41) is 50.3. The Labute approximate surface area is 384 Å². The van der Waals surface area contributed by atoms with E-state index in [1.165, 1.54) is 161 Å². The number of aliphatic hydroxyl groups excluding tert-OH is 5. The van der Waals surface area contributed by atoms with E-state index in [9.17, 15) is 39.8 Å². The van der Waals surface area contributed by atoms with Crippen molar-refractivity contribution in [2.75, 3.05) is 19.8 Å². The number of phosphoric ester groups is 1. The van der Waals surface area contributed by atoms with E-state index in [4.69, 9.17) is 18.5 Å². The summed E-state index contributed by atoms with van der Waals surface area (Å²) in [5.74, 6) is -0.473. The molecular weight excluding hydrogens is 824 g/mol. The molecule has 13 heteroatoms. The van der Waals surface area contributed by atoms with Gasteiger partial charge in [-0.2, -0.15) is 0 Å². The van der Waals surface area contributed by atoms with Crippen molar-refractivity contribution in [2.24, 2.45) is 0 Å². The van der Waals surface area contributed by atoms with Crippen LogP contribution in [0.3, 0.4) is 0 Å². The molecule has 1 aliphatic rings. The molecule has 0 aliphatic heterocycles. The SMILES string of the molecule is CCCCCCCCC/C=C\CCCCCCCCOCC(COP(=O)(O)OC1C(O)C(O)C(O)C(O)C1O)OC(=O)CCCCCCCCCCCCCCCCCCCCC. The van der Waals surface area contributed by atoms with Crippen LogP contribution in [0.2, 0.25) is 0 Å². The summed E-state index contributed by atoms with van der Waals surface area (Å²) in [5.41, 5.74) is 0. The quantitative estimate of drug-likeness (QED) is 0.0147. The third-order valence-corrected chi connectivity index (χ3v) is 13.4. The number of carbonyl (C=O) groups excluding carboxylic acids is 1. The maximum atomic E-state index is 12.8. The molecule has 0 spiro atoms. The molecule has 6 unspecified atom stereocenters. The Bertz CT molecular complexity index is 1100. The van der Waals surface area contributed by atoms with Crippen LogP contribution in [0.1, 0.15) is 239 Å². The predicted molar refractivity (Wildman–Crippen MR) is 253 cm³/mol. The average molecular weight is 921 g/mol. The molecule has 0 aromatic carbocycles. The Morgan fingerprint density at radius 2 is 0.841 bits per heavy atom. The first kappa shape index (κ1) is 60.1. The zero-order valence-corrected chi connectivity index (χ0v) is 41.0. The van der Waals surface area contributed by atoms with E-state index in [2.05, 4.69) is 26.0 Å². The fourth-order valence-electron chi connectivity index (χ4n) is 8.23. The van der Waals surface area contributed by atoms with Gasteiger partial charge in [0, 0.05) is 13.0 Å². The minimum Gasteiger partial charge on any atom is -0.457 e. The van der Waals surface area contributed by atoms with Crippen molar-refractivity contribution in [2.45, 2.75) is 281 Å². The second-order valence-electron chi connectivity index (χ2n) is 18.4. The van der Waals surface area contributed by atoms with Crippen molar-refractivity contribution >= 4 is 13.8 Å². The minimum absolute atomic E-state index is 0.0750. The van der Waals surface area contributed by atoms with Gasteiger partial charge in [0.1, 0.15) is 42.7 Å². The van der Waals surface area contributed by atoms with Crippen molar-refractivity contribution in [3.05, 3.63) is 12.2 Å². The van der Waals surface area contributed by atoms with E-state index in [-0.39, 0.29) is 13.0 Å². The fraction of sp³-hybridized carbons (Fsp3) is 0.940. The van der Waals surface area contributed by atoms with Gasteiger partial charge >= 0.3 is 13.8 Å². The second-order valence-corrected chi connectivity index (χ2v) is 19.8. The van der Waals surface area contributed by atoms with Crippen LogP contribution in [0.4, 0.5) is 0 Å². The number of carbonyl (C=O) groups is 1. The number of allylic oxidation sites excluding steroid dienone is 2. The number of esters is 1. The van der Waals surface area contributed by atoms with Gasteiger partial charge in [0.25, 0.3) is 0 Å². The molecular formula is C50H97O12P. The maximum absolute atomic E-state index is 12.8. The Hall–Kier alpha value is -0.920. The molecule has 6 atom stereocenters. The van der Waals surface area contributed by atoms with Gasteiger partial charge in [-0.1, -0.05) is 206 Å². The van der Waals surface area contributed by atoms with Crippen LogP contribution in [0, 0.1) is 0 Å². The van der Waals surface area contributed by atoms with Crippen LogP contribution in [0.5, 0.6) is 0 Å². The monoisotopic (exact) mass is 921 g/mol. The van der Waals surface area contributed by atoms with Crippen LogP contribution < -0.4 is 0 Å². The molecule has 12 nitrogen and oxygen atoms in total. The van der Waals surface area contributed by atoms with E-state index in [1.54, 1.807) is 0 Å². The molecule has 63 heavy (non-hydrogen) atoms. The molecule has 0 bridgehead atoms. The summed E-state index contributed by atoms with van der Waals surface area (Å²) in [6, 6.07) is 0. The molecule has 1 saturated carbocycles. The molecule has 0 heterocycles. The van der Waals surface area contributed by atoms with Crippen LogP contribution in [0.15, 0.2) is 12.2 Å². The summed E-state index contributed by atoms with van der Waals surface area (Å²) in [7, 11) is -5.02. The molecule has 0 saturated heterocycles. The van der Waals surface area contributed by atoms with Crippen molar-refractivity contribution < 1.29 is 58.3 Å². The molecule has 1 rings (SSSR count). The Balaban J connectivity index is 2.33. The first-order valence-electron chi connectivity index (χ1n) is 26.0. The number of hydrogen-bond acceptors (Lipinski definition) is 11. The summed E-state index contributed by atoms with van der Waals surface area (Å²) >= 11 is 0. The zero-order valence-electron chi connectivity index (χ0n) is 40.1. The van der Waals surface area contributed by atoms with Gasteiger partial charge in [0.15, 0.2) is 0 Å². The standard InChI is InChI=1S/C50H97O12P/c1-3-5-7-9-11-13-15-17-19-21-22-23-25-27-29-31-33-35-37-39-44(51)61-43(42-60-63(57,58)62-50-48(55)46(53)45(52)47(54)49(50)56)41-59-40-38-36-34-32-30-28-26-24-20-18-16-14-12-10-8-6-4-2/h20,24,43,45-50,52-56H,3-19,21-23,25-42H2,1-2H3,(H,57,58)/b24-20-. The molecule has 0 radical (unpaired) electrons. The van der Waals surface area contributed by atoms with Gasteiger partial charge in [-0.05, 0) is 38.5 Å². The van der Waals surface area contributed by atoms with Crippen molar-refractivity contribution in [1.82, 2.24) is 0 Å². The third kappa shape index (κ3) is 33.2. The van der Waals surface area contributed by atoms with Crippen molar-refractivity contribution in [3.63, 3.8) is 0 Å². The lowest BCUT2D eigenvalue weighted by Gasteiger charge is -2.41. The van der Waals surface area contributed by atoms with Crippen LogP contribution in [-0.4, -0.2) is 98.9 Å². The van der Waals surface area contributed by atoms with E-state index in [1.807, 2.05) is 0 Å². The van der Waals surface area contributed by atoms with Gasteiger partial charge in [0.05, 0.1) is 13.2 Å². The largest absolute Gasteiger partial charge is 0.472 e. The highest BCUT2D eigenvalue weighted by Crippen LogP contribution is 2.47. The lowest BCUT2D eigenvalue weighted by Crippen LogP contribution is -2.64. The van der Waals surface area contributed by atoms with E-state index in [0.717, 1.165) is 51.4 Å². The Morgan fingerprint density at radius 1 is 0.492 bits per heavy atom. The third-order valence-electron chi connectivity index (χ3n) is 12.4. The topological polar surface area (TPSA) is 192 Å². The number of phosphoric acid groups is 1. The first-order chi connectivity index (χ1) is 30.5. The fourth-order valence-corrected chi connectivity index (χ4v) is 9.21. The first-order valence-corrected chi connectivity index (χ1v) is 27.5. The summed E-state index contributed by atoms with van der Waals surface area (Å²) in [6.07, 6.45) is 34.2. The lowest BCUT2D eigenvalue weighted by atomic mass is 9.85. The molecule has 374 valence electrons. The lowest BCUT2D eigenvalue weighted by molar-refractivity contribution is -0.220. The number of rotatable bonds is 45. The highest BCUT2D eigenvalue weighted by molar-refractivity contribution is 7.47. The van der Waals surface area contributed by atoms with Gasteiger partial charge in [-0.15, -0.1) is 0 Å². The van der Waals surface area contributed by atoms with Gasteiger partial charge in [0.2, 0.25) is 0 Å². The molecule has 1 fully saturated rings. The Kier molecular flexibility index (Phi) is 39.4. The highest BCUT2D eigenvalue weighted by atomic mass is 31.2. The zero-order chi connectivity index (χ0) is 46.2. The van der Waals surface area contributed by atoms with Crippen molar-refractivity contribution in [1.29, 1.82) is 0 Å². The summed E-state index contributed by atoms with van der Waals surface area (Å²) in [4.78, 5) is 23.2. The molecule has 1 aliphatic carbocycles. The van der Waals surface area contributed by atoms with Crippen LogP contribution >= 0.6 is 7.82 Å². The summed E-state index contributed by atoms with van der Waals surface area (Å²) in [6.45, 7) is 4.29. The average Bonchev–Trinajstić information content (AvgIpc) is 3.27. The number of hydrogen-bond donors (Lipinski definition) is 6.